The van der Waals surface area contributed by atoms with Crippen molar-refractivity contribution in [3.05, 3.63) is 56.7 Å². The van der Waals surface area contributed by atoms with Crippen LogP contribution in [-0.4, -0.2) is 0 Å². The van der Waals surface area contributed by atoms with E-state index in [0.717, 1.165) is 4.47 Å². The van der Waals surface area contributed by atoms with E-state index in [0.29, 0.717) is 5.92 Å². The van der Waals surface area contributed by atoms with Crippen LogP contribution in [0.5, 0.6) is 0 Å². The standard InChI is InChI=1S/C12H11BrS/c1-9(12-6-3-7-14-12)10-4-2-5-11(13)8-10/h2-9H,1H3. The van der Waals surface area contributed by atoms with E-state index in [1.165, 1.54) is 10.4 Å². The molecular formula is C12H11BrS. The summed E-state index contributed by atoms with van der Waals surface area (Å²) in [6, 6.07) is 12.8. The Kier molecular flexibility index (Phi) is 3.04. The molecule has 0 N–H and O–H groups in total. The van der Waals surface area contributed by atoms with Crippen LogP contribution in [0, 0.1) is 0 Å². The molecule has 72 valence electrons. The Bertz CT molecular complexity index is 406. The molecule has 0 bridgehead atoms. The highest BCUT2D eigenvalue weighted by atomic mass is 79.9. The lowest BCUT2D eigenvalue weighted by atomic mass is 10.00. The average Bonchev–Trinajstić information content (AvgIpc) is 2.69. The molecule has 0 saturated heterocycles. The molecular weight excluding hydrogens is 256 g/mol. The number of halogens is 1. The molecule has 0 aliphatic carbocycles. The molecule has 2 aromatic rings. The van der Waals surface area contributed by atoms with E-state index in [9.17, 15) is 0 Å². The molecule has 1 aromatic carbocycles. The van der Waals surface area contributed by atoms with Crippen molar-refractivity contribution in [3.63, 3.8) is 0 Å². The Hall–Kier alpha value is -0.600. The predicted octanol–water partition coefficient (Wildman–Crippen LogP) is 4.66. The normalized spacial score (nSPS) is 12.7. The molecule has 1 unspecified atom stereocenters. The van der Waals surface area contributed by atoms with E-state index in [-0.39, 0.29) is 0 Å². The number of hydrogen-bond donors (Lipinski definition) is 0. The number of thiophene rings is 1. The van der Waals surface area contributed by atoms with Crippen molar-refractivity contribution in [1.29, 1.82) is 0 Å². The summed E-state index contributed by atoms with van der Waals surface area (Å²) >= 11 is 5.31. The fourth-order valence-corrected chi connectivity index (χ4v) is 2.71. The van der Waals surface area contributed by atoms with Crippen LogP contribution in [0.4, 0.5) is 0 Å². The van der Waals surface area contributed by atoms with Crippen molar-refractivity contribution in [2.45, 2.75) is 12.8 Å². The van der Waals surface area contributed by atoms with Crippen LogP contribution in [0.25, 0.3) is 0 Å². The first-order valence-electron chi connectivity index (χ1n) is 4.56. The first-order valence-corrected chi connectivity index (χ1v) is 6.23. The molecule has 0 radical (unpaired) electrons. The maximum absolute atomic E-state index is 3.50. The monoisotopic (exact) mass is 266 g/mol. The number of benzene rings is 1. The molecule has 2 rings (SSSR count). The minimum Gasteiger partial charge on any atom is -0.148 e. The SMILES string of the molecule is CC(c1cccc(Br)c1)c1cccs1. The molecule has 1 atom stereocenters. The van der Waals surface area contributed by atoms with Crippen molar-refractivity contribution in [2.75, 3.05) is 0 Å². The van der Waals surface area contributed by atoms with Crippen molar-refractivity contribution >= 4 is 27.3 Å². The fourth-order valence-electron chi connectivity index (χ4n) is 1.48. The molecule has 0 fully saturated rings. The summed E-state index contributed by atoms with van der Waals surface area (Å²) in [7, 11) is 0. The van der Waals surface area contributed by atoms with Crippen LogP contribution in [0.2, 0.25) is 0 Å². The molecule has 0 nitrogen and oxygen atoms in total. The zero-order valence-electron chi connectivity index (χ0n) is 7.91. The zero-order valence-corrected chi connectivity index (χ0v) is 10.3. The van der Waals surface area contributed by atoms with Crippen LogP contribution in [-0.2, 0) is 0 Å². The third-order valence-electron chi connectivity index (χ3n) is 2.32. The summed E-state index contributed by atoms with van der Waals surface area (Å²) in [6.45, 7) is 2.24. The highest BCUT2D eigenvalue weighted by Crippen LogP contribution is 2.28. The van der Waals surface area contributed by atoms with Gasteiger partial charge in [0.1, 0.15) is 0 Å². The molecule has 0 aliphatic rings. The quantitative estimate of drug-likeness (QED) is 0.742. The maximum Gasteiger partial charge on any atom is 0.0178 e. The first-order chi connectivity index (χ1) is 6.77. The lowest BCUT2D eigenvalue weighted by molar-refractivity contribution is 0.946. The van der Waals surface area contributed by atoms with Gasteiger partial charge in [-0.2, -0.15) is 0 Å². The van der Waals surface area contributed by atoms with E-state index in [4.69, 9.17) is 0 Å². The summed E-state index contributed by atoms with van der Waals surface area (Å²) in [6.07, 6.45) is 0. The van der Waals surface area contributed by atoms with Crippen molar-refractivity contribution < 1.29 is 0 Å². The van der Waals surface area contributed by atoms with Gasteiger partial charge < -0.3 is 0 Å². The lowest BCUT2D eigenvalue weighted by Gasteiger charge is -2.09. The highest BCUT2D eigenvalue weighted by Gasteiger charge is 2.08. The van der Waals surface area contributed by atoms with Gasteiger partial charge in [-0.05, 0) is 29.1 Å². The second-order valence-corrected chi connectivity index (χ2v) is 5.19. The maximum atomic E-state index is 3.50. The Labute approximate surface area is 96.7 Å². The van der Waals surface area contributed by atoms with Crippen LogP contribution < -0.4 is 0 Å². The van der Waals surface area contributed by atoms with Gasteiger partial charge in [0.05, 0.1) is 0 Å². The Balaban J connectivity index is 2.32. The average molecular weight is 267 g/mol. The van der Waals surface area contributed by atoms with Crippen molar-refractivity contribution in [2.24, 2.45) is 0 Å². The van der Waals surface area contributed by atoms with Gasteiger partial charge in [-0.1, -0.05) is 41.1 Å². The summed E-state index contributed by atoms with van der Waals surface area (Å²) in [5.41, 5.74) is 1.36. The molecule has 1 aromatic heterocycles. The van der Waals surface area contributed by atoms with Gasteiger partial charge in [-0.25, -0.2) is 0 Å². The van der Waals surface area contributed by atoms with Crippen LogP contribution in [0.1, 0.15) is 23.3 Å². The first kappa shape index (κ1) is 9.94. The third kappa shape index (κ3) is 2.07. The van der Waals surface area contributed by atoms with E-state index < -0.39 is 0 Å². The Morgan fingerprint density at radius 2 is 2.07 bits per heavy atom. The number of hydrogen-bond acceptors (Lipinski definition) is 1. The second kappa shape index (κ2) is 4.28. The number of rotatable bonds is 2. The van der Waals surface area contributed by atoms with Gasteiger partial charge in [0.2, 0.25) is 0 Å². The van der Waals surface area contributed by atoms with Gasteiger partial charge in [0, 0.05) is 15.3 Å². The lowest BCUT2D eigenvalue weighted by Crippen LogP contribution is -1.92. The fraction of sp³-hybridized carbons (Fsp3) is 0.167. The van der Waals surface area contributed by atoms with Gasteiger partial charge in [-0.3, -0.25) is 0 Å². The van der Waals surface area contributed by atoms with E-state index in [1.54, 1.807) is 0 Å². The van der Waals surface area contributed by atoms with E-state index >= 15 is 0 Å². The molecule has 0 aliphatic heterocycles. The van der Waals surface area contributed by atoms with Crippen molar-refractivity contribution in [3.8, 4) is 0 Å². The molecule has 2 heteroatoms. The third-order valence-corrected chi connectivity index (χ3v) is 3.87. The van der Waals surface area contributed by atoms with Gasteiger partial charge in [-0.15, -0.1) is 11.3 Å². The Morgan fingerprint density at radius 3 is 2.71 bits per heavy atom. The summed E-state index contributed by atoms with van der Waals surface area (Å²) in [5.74, 6) is 0.493. The molecule has 0 saturated carbocycles. The molecule has 0 amide bonds. The van der Waals surface area contributed by atoms with Crippen molar-refractivity contribution in [1.82, 2.24) is 0 Å². The van der Waals surface area contributed by atoms with Gasteiger partial charge in [0.15, 0.2) is 0 Å². The van der Waals surface area contributed by atoms with Gasteiger partial charge in [0.25, 0.3) is 0 Å². The smallest absolute Gasteiger partial charge is 0.0178 e. The Morgan fingerprint density at radius 1 is 1.21 bits per heavy atom. The summed E-state index contributed by atoms with van der Waals surface area (Å²) < 4.78 is 1.15. The largest absolute Gasteiger partial charge is 0.148 e. The summed E-state index contributed by atoms with van der Waals surface area (Å²) in [4.78, 5) is 1.42. The van der Waals surface area contributed by atoms with Crippen LogP contribution >= 0.6 is 27.3 Å². The van der Waals surface area contributed by atoms with E-state index in [2.05, 4.69) is 64.6 Å². The highest BCUT2D eigenvalue weighted by molar-refractivity contribution is 9.10. The molecule has 14 heavy (non-hydrogen) atoms. The predicted molar refractivity (Wildman–Crippen MR) is 66.0 cm³/mol. The van der Waals surface area contributed by atoms with E-state index in [1.807, 2.05) is 11.3 Å². The summed E-state index contributed by atoms with van der Waals surface area (Å²) in [5, 5.41) is 2.13. The molecule has 0 spiro atoms. The minimum atomic E-state index is 0.493. The molecule has 1 heterocycles. The van der Waals surface area contributed by atoms with Gasteiger partial charge >= 0.3 is 0 Å². The van der Waals surface area contributed by atoms with Crippen LogP contribution in [0.15, 0.2) is 46.3 Å². The second-order valence-electron chi connectivity index (χ2n) is 3.29. The topological polar surface area (TPSA) is 0 Å². The van der Waals surface area contributed by atoms with Crippen LogP contribution in [0.3, 0.4) is 0 Å². The zero-order chi connectivity index (χ0) is 9.97. The minimum absolute atomic E-state index is 0.493.